The number of carbonyl (C=O) groups excluding carboxylic acids is 1. The summed E-state index contributed by atoms with van der Waals surface area (Å²) in [6.45, 7) is 1.57. The summed E-state index contributed by atoms with van der Waals surface area (Å²) in [7, 11) is -3.10. The number of sulfone groups is 1. The number of furan rings is 1. The van der Waals surface area contributed by atoms with E-state index in [0.717, 1.165) is 0 Å². The number of aromatic carboxylic acids is 1. The van der Waals surface area contributed by atoms with E-state index < -0.39 is 21.7 Å². The highest BCUT2D eigenvalue weighted by Crippen LogP contribution is 2.19. The highest BCUT2D eigenvalue weighted by Gasteiger charge is 2.32. The molecule has 0 spiro atoms. The van der Waals surface area contributed by atoms with Crippen LogP contribution in [0.5, 0.6) is 0 Å². The van der Waals surface area contributed by atoms with Gasteiger partial charge in [-0.1, -0.05) is 0 Å². The number of carbonyl (C=O) groups is 2. The molecule has 1 aromatic rings. The Morgan fingerprint density at radius 3 is 2.70 bits per heavy atom. The van der Waals surface area contributed by atoms with Gasteiger partial charge in [-0.25, -0.2) is 13.2 Å². The first kappa shape index (κ1) is 14.6. The molecule has 0 bridgehead atoms. The molecule has 2 N–H and O–H groups in total. The quantitative estimate of drug-likeness (QED) is 0.828. The standard InChI is InChI=1S/C12H15NO6S/c1-7-10(12(15)16)4-9(19-7)5-13-11(14)8-2-3-20(17,18)6-8/h4,8H,2-3,5-6H2,1H3,(H,13,14)(H,15,16). The first-order valence-corrected chi connectivity index (χ1v) is 7.91. The van der Waals surface area contributed by atoms with E-state index in [9.17, 15) is 18.0 Å². The fraction of sp³-hybridized carbons (Fsp3) is 0.500. The van der Waals surface area contributed by atoms with Crippen LogP contribution in [0.25, 0.3) is 0 Å². The minimum absolute atomic E-state index is 0.0358. The number of nitrogens with one attached hydrogen (secondary N) is 1. The van der Waals surface area contributed by atoms with E-state index in [1.54, 1.807) is 0 Å². The Kier molecular flexibility index (Phi) is 3.85. The molecule has 7 nitrogen and oxygen atoms in total. The van der Waals surface area contributed by atoms with E-state index in [4.69, 9.17) is 9.52 Å². The van der Waals surface area contributed by atoms with E-state index in [0.29, 0.717) is 12.2 Å². The number of hydrogen-bond donors (Lipinski definition) is 2. The summed E-state index contributed by atoms with van der Waals surface area (Å²) in [6.07, 6.45) is 0.325. The largest absolute Gasteiger partial charge is 0.478 e. The first-order chi connectivity index (χ1) is 9.28. The molecular formula is C12H15NO6S. The lowest BCUT2D eigenvalue weighted by Gasteiger charge is -2.07. The van der Waals surface area contributed by atoms with Gasteiger partial charge in [-0.2, -0.15) is 0 Å². The molecule has 1 aliphatic rings. The topological polar surface area (TPSA) is 114 Å². The predicted molar refractivity (Wildman–Crippen MR) is 69.0 cm³/mol. The van der Waals surface area contributed by atoms with E-state index in [-0.39, 0.29) is 35.3 Å². The monoisotopic (exact) mass is 301 g/mol. The van der Waals surface area contributed by atoms with Gasteiger partial charge < -0.3 is 14.8 Å². The van der Waals surface area contributed by atoms with Gasteiger partial charge in [0.15, 0.2) is 9.84 Å². The van der Waals surface area contributed by atoms with Crippen LogP contribution < -0.4 is 5.32 Å². The molecule has 1 atom stereocenters. The fourth-order valence-corrected chi connectivity index (χ4v) is 3.90. The van der Waals surface area contributed by atoms with Crippen LogP contribution in [-0.2, 0) is 21.2 Å². The lowest BCUT2D eigenvalue weighted by molar-refractivity contribution is -0.124. The van der Waals surface area contributed by atoms with E-state index in [2.05, 4.69) is 5.32 Å². The Labute approximate surface area is 115 Å². The van der Waals surface area contributed by atoms with Crippen LogP contribution in [0.3, 0.4) is 0 Å². The number of rotatable bonds is 4. The van der Waals surface area contributed by atoms with Gasteiger partial charge in [0.2, 0.25) is 5.91 Å². The lowest BCUT2D eigenvalue weighted by Crippen LogP contribution is -2.30. The summed E-state index contributed by atoms with van der Waals surface area (Å²) < 4.78 is 27.8. The molecule has 20 heavy (non-hydrogen) atoms. The Hall–Kier alpha value is -1.83. The number of amides is 1. The van der Waals surface area contributed by atoms with Crippen molar-refractivity contribution in [3.63, 3.8) is 0 Å². The zero-order valence-corrected chi connectivity index (χ0v) is 11.7. The molecule has 2 rings (SSSR count). The highest BCUT2D eigenvalue weighted by atomic mass is 32.2. The van der Waals surface area contributed by atoms with Crippen molar-refractivity contribution in [1.29, 1.82) is 0 Å². The summed E-state index contributed by atoms with van der Waals surface area (Å²) in [6, 6.07) is 1.35. The van der Waals surface area contributed by atoms with Crippen molar-refractivity contribution in [3.05, 3.63) is 23.2 Å². The number of carboxylic acids is 1. The van der Waals surface area contributed by atoms with Gasteiger partial charge in [-0.15, -0.1) is 0 Å². The van der Waals surface area contributed by atoms with E-state index in [1.165, 1.54) is 13.0 Å². The van der Waals surface area contributed by atoms with Gasteiger partial charge >= 0.3 is 5.97 Å². The molecule has 1 fully saturated rings. The van der Waals surface area contributed by atoms with E-state index >= 15 is 0 Å². The molecule has 1 aliphatic heterocycles. The van der Waals surface area contributed by atoms with Crippen molar-refractivity contribution < 1.29 is 27.5 Å². The maximum atomic E-state index is 11.8. The maximum Gasteiger partial charge on any atom is 0.339 e. The molecule has 0 aliphatic carbocycles. The summed E-state index contributed by atoms with van der Waals surface area (Å²) in [5.74, 6) is -1.47. The Morgan fingerprint density at radius 1 is 1.50 bits per heavy atom. The number of hydrogen-bond acceptors (Lipinski definition) is 5. The summed E-state index contributed by atoms with van der Waals surface area (Å²) in [5.41, 5.74) is 0.0534. The molecule has 110 valence electrons. The fourth-order valence-electron chi connectivity index (χ4n) is 2.16. The average Bonchev–Trinajstić information content (AvgIpc) is 2.89. The highest BCUT2D eigenvalue weighted by molar-refractivity contribution is 7.91. The third-order valence-electron chi connectivity index (χ3n) is 3.24. The molecule has 8 heteroatoms. The summed E-state index contributed by atoms with van der Waals surface area (Å²) in [5, 5.41) is 11.4. The third-order valence-corrected chi connectivity index (χ3v) is 5.01. The summed E-state index contributed by atoms with van der Waals surface area (Å²) in [4.78, 5) is 22.6. The molecule has 1 unspecified atom stereocenters. The van der Waals surface area contributed by atoms with Gasteiger partial charge in [-0.3, -0.25) is 4.79 Å². The maximum absolute atomic E-state index is 11.8. The molecule has 2 heterocycles. The van der Waals surface area contributed by atoms with Crippen molar-refractivity contribution in [1.82, 2.24) is 5.32 Å². The van der Waals surface area contributed by atoms with Crippen LogP contribution in [-0.4, -0.2) is 36.9 Å². The van der Waals surface area contributed by atoms with Gasteiger partial charge in [0.1, 0.15) is 17.1 Å². The molecule has 0 radical (unpaired) electrons. The number of carboxylic acid groups (broad SMARTS) is 1. The van der Waals surface area contributed by atoms with Crippen LogP contribution >= 0.6 is 0 Å². The third kappa shape index (κ3) is 3.19. The second-order valence-electron chi connectivity index (χ2n) is 4.81. The Morgan fingerprint density at radius 2 is 2.20 bits per heavy atom. The Bertz CT molecular complexity index is 645. The SMILES string of the molecule is Cc1oc(CNC(=O)C2CCS(=O)(=O)C2)cc1C(=O)O. The van der Waals surface area contributed by atoms with Gasteiger partial charge in [0.05, 0.1) is 24.0 Å². The molecule has 1 aromatic heterocycles. The predicted octanol–water partition coefficient (Wildman–Crippen LogP) is 0.337. The van der Waals surface area contributed by atoms with Crippen molar-refractivity contribution in [2.75, 3.05) is 11.5 Å². The molecule has 0 aromatic carbocycles. The first-order valence-electron chi connectivity index (χ1n) is 6.09. The zero-order valence-electron chi connectivity index (χ0n) is 10.9. The van der Waals surface area contributed by atoms with Gasteiger partial charge in [0, 0.05) is 0 Å². The van der Waals surface area contributed by atoms with Crippen LogP contribution in [0.1, 0.15) is 28.3 Å². The zero-order chi connectivity index (χ0) is 14.9. The van der Waals surface area contributed by atoms with Gasteiger partial charge in [-0.05, 0) is 19.4 Å². The Balaban J connectivity index is 1.94. The van der Waals surface area contributed by atoms with Crippen molar-refractivity contribution >= 4 is 21.7 Å². The minimum atomic E-state index is -3.10. The van der Waals surface area contributed by atoms with Crippen molar-refractivity contribution in [2.24, 2.45) is 5.92 Å². The normalized spacial score (nSPS) is 20.8. The van der Waals surface area contributed by atoms with Crippen LogP contribution in [0, 0.1) is 12.8 Å². The minimum Gasteiger partial charge on any atom is -0.478 e. The van der Waals surface area contributed by atoms with Crippen LogP contribution in [0.15, 0.2) is 10.5 Å². The average molecular weight is 301 g/mol. The molecule has 1 amide bonds. The second kappa shape index (κ2) is 5.28. The molecule has 0 saturated carbocycles. The summed E-state index contributed by atoms with van der Waals surface area (Å²) >= 11 is 0. The number of aryl methyl sites for hydroxylation is 1. The second-order valence-corrected chi connectivity index (χ2v) is 7.03. The lowest BCUT2D eigenvalue weighted by atomic mass is 10.1. The van der Waals surface area contributed by atoms with Crippen molar-refractivity contribution in [3.8, 4) is 0 Å². The van der Waals surface area contributed by atoms with Crippen LogP contribution in [0.4, 0.5) is 0 Å². The smallest absolute Gasteiger partial charge is 0.339 e. The van der Waals surface area contributed by atoms with Crippen LogP contribution in [0.2, 0.25) is 0 Å². The van der Waals surface area contributed by atoms with E-state index in [1.807, 2.05) is 0 Å². The molecular weight excluding hydrogens is 286 g/mol. The molecule has 1 saturated heterocycles. The van der Waals surface area contributed by atoms with Gasteiger partial charge in [0.25, 0.3) is 0 Å². The van der Waals surface area contributed by atoms with Crippen molar-refractivity contribution in [2.45, 2.75) is 19.9 Å².